The highest BCUT2D eigenvalue weighted by atomic mass is 35.5. The lowest BCUT2D eigenvalue weighted by atomic mass is 10.1. The molecule has 116 valence electrons. The molecule has 1 amide bonds. The van der Waals surface area contributed by atoms with Gasteiger partial charge in [0.1, 0.15) is 0 Å². The lowest BCUT2D eigenvalue weighted by Crippen LogP contribution is -2.40. The van der Waals surface area contributed by atoms with E-state index in [1.54, 1.807) is 12.1 Å². The van der Waals surface area contributed by atoms with E-state index in [0.717, 1.165) is 25.3 Å². The number of carbonyl (C=O) groups is 1. The van der Waals surface area contributed by atoms with Gasteiger partial charge in [0.25, 0.3) is 5.91 Å². The predicted octanol–water partition coefficient (Wildman–Crippen LogP) is 2.99. The van der Waals surface area contributed by atoms with Gasteiger partial charge in [0.2, 0.25) is 0 Å². The highest BCUT2D eigenvalue weighted by Gasteiger charge is 2.19. The highest BCUT2D eigenvalue weighted by molar-refractivity contribution is 6.31. The summed E-state index contributed by atoms with van der Waals surface area (Å²) in [6.07, 6.45) is 2.52. The summed E-state index contributed by atoms with van der Waals surface area (Å²) in [4.78, 5) is 14.8. The lowest BCUT2D eigenvalue weighted by Gasteiger charge is -2.24. The smallest absolute Gasteiger partial charge is 0.253 e. The number of hydrogen-bond donors (Lipinski definition) is 2. The summed E-state index contributed by atoms with van der Waals surface area (Å²) < 4.78 is 0. The van der Waals surface area contributed by atoms with Crippen LogP contribution in [0.25, 0.3) is 0 Å². The minimum atomic E-state index is -0.0699. The van der Waals surface area contributed by atoms with Crippen molar-refractivity contribution < 1.29 is 4.79 Å². The van der Waals surface area contributed by atoms with Gasteiger partial charge in [-0.2, -0.15) is 0 Å². The summed E-state index contributed by atoms with van der Waals surface area (Å²) in [6, 6.07) is 5.74. The number of carbonyl (C=O) groups excluding carboxylic acids is 1. The lowest BCUT2D eigenvalue weighted by molar-refractivity contribution is 0.0941. The van der Waals surface area contributed by atoms with Gasteiger partial charge in [0.15, 0.2) is 0 Å². The molecule has 4 nitrogen and oxygen atoms in total. The van der Waals surface area contributed by atoms with Crippen LogP contribution in [0.15, 0.2) is 18.2 Å². The Labute approximate surface area is 131 Å². The summed E-state index contributed by atoms with van der Waals surface area (Å²) >= 11 is 6.01. The van der Waals surface area contributed by atoms with E-state index in [1.807, 2.05) is 13.0 Å². The minimum absolute atomic E-state index is 0.0699. The zero-order chi connectivity index (χ0) is 15.2. The van der Waals surface area contributed by atoms with Gasteiger partial charge in [0, 0.05) is 29.8 Å². The number of benzene rings is 1. The maximum Gasteiger partial charge on any atom is 0.253 e. The van der Waals surface area contributed by atoms with Crippen LogP contribution in [0.3, 0.4) is 0 Å². The Kier molecular flexibility index (Phi) is 5.88. The van der Waals surface area contributed by atoms with E-state index in [4.69, 9.17) is 11.6 Å². The molecule has 0 bridgehead atoms. The van der Waals surface area contributed by atoms with E-state index in [1.165, 1.54) is 12.8 Å². The molecule has 1 aromatic carbocycles. The van der Waals surface area contributed by atoms with Gasteiger partial charge in [-0.15, -0.1) is 0 Å². The second-order valence-corrected chi connectivity index (χ2v) is 5.96. The van der Waals surface area contributed by atoms with E-state index in [2.05, 4.69) is 22.5 Å². The van der Waals surface area contributed by atoms with E-state index in [-0.39, 0.29) is 5.91 Å². The van der Waals surface area contributed by atoms with Crippen molar-refractivity contribution in [1.29, 1.82) is 0 Å². The van der Waals surface area contributed by atoms with Crippen molar-refractivity contribution in [2.24, 2.45) is 0 Å². The molecule has 2 rings (SSSR count). The zero-order valence-electron chi connectivity index (χ0n) is 12.8. The second kappa shape index (κ2) is 7.66. The molecule has 1 aliphatic heterocycles. The van der Waals surface area contributed by atoms with Gasteiger partial charge < -0.3 is 10.6 Å². The Morgan fingerprint density at radius 1 is 1.38 bits per heavy atom. The van der Waals surface area contributed by atoms with Crippen LogP contribution in [0.2, 0.25) is 5.02 Å². The predicted molar refractivity (Wildman–Crippen MR) is 88.2 cm³/mol. The Morgan fingerprint density at radius 3 is 2.76 bits per heavy atom. The summed E-state index contributed by atoms with van der Waals surface area (Å²) in [6.45, 7) is 7.87. The molecule has 0 aromatic heterocycles. The Balaban J connectivity index is 1.97. The molecular weight excluding hydrogens is 286 g/mol. The molecule has 1 saturated heterocycles. The van der Waals surface area contributed by atoms with Gasteiger partial charge >= 0.3 is 0 Å². The summed E-state index contributed by atoms with van der Waals surface area (Å²) in [7, 11) is 0. The molecule has 1 atom stereocenters. The number of amides is 1. The maximum absolute atomic E-state index is 12.4. The van der Waals surface area contributed by atoms with Gasteiger partial charge in [-0.25, -0.2) is 0 Å². The van der Waals surface area contributed by atoms with Crippen LogP contribution in [-0.4, -0.2) is 43.0 Å². The third kappa shape index (κ3) is 4.35. The normalized spacial score (nSPS) is 16.7. The number of halogens is 1. The molecule has 0 spiro atoms. The third-order valence-corrected chi connectivity index (χ3v) is 4.15. The van der Waals surface area contributed by atoms with E-state index in [9.17, 15) is 4.79 Å². The summed E-state index contributed by atoms with van der Waals surface area (Å²) in [5, 5.41) is 6.80. The number of likely N-dealkylation sites (tertiary alicyclic amines) is 1. The van der Waals surface area contributed by atoms with Crippen LogP contribution in [0.5, 0.6) is 0 Å². The van der Waals surface area contributed by atoms with Gasteiger partial charge in [-0.3, -0.25) is 9.69 Å². The van der Waals surface area contributed by atoms with Crippen LogP contribution in [0.1, 0.15) is 37.0 Å². The fourth-order valence-electron chi connectivity index (χ4n) is 2.70. The fourth-order valence-corrected chi connectivity index (χ4v) is 2.87. The number of hydrogen-bond acceptors (Lipinski definition) is 3. The number of nitrogens with zero attached hydrogens (tertiary/aromatic N) is 1. The van der Waals surface area contributed by atoms with Crippen molar-refractivity contribution in [3.8, 4) is 0 Å². The van der Waals surface area contributed by atoms with Crippen LogP contribution in [0.4, 0.5) is 5.69 Å². The number of rotatable bonds is 6. The molecule has 1 fully saturated rings. The van der Waals surface area contributed by atoms with Crippen LogP contribution in [-0.2, 0) is 0 Å². The molecule has 2 N–H and O–H groups in total. The van der Waals surface area contributed by atoms with Crippen molar-refractivity contribution in [1.82, 2.24) is 10.2 Å². The third-order valence-electron chi connectivity index (χ3n) is 3.92. The van der Waals surface area contributed by atoms with Crippen LogP contribution >= 0.6 is 11.6 Å². The van der Waals surface area contributed by atoms with Crippen molar-refractivity contribution in [2.75, 3.05) is 31.5 Å². The van der Waals surface area contributed by atoms with E-state index >= 15 is 0 Å². The van der Waals surface area contributed by atoms with E-state index in [0.29, 0.717) is 23.2 Å². The average Bonchev–Trinajstić information content (AvgIpc) is 3.01. The Hall–Kier alpha value is -1.26. The first-order valence-corrected chi connectivity index (χ1v) is 8.05. The van der Waals surface area contributed by atoms with Gasteiger partial charge in [0.05, 0.1) is 5.56 Å². The summed E-state index contributed by atoms with van der Waals surface area (Å²) in [5.74, 6) is -0.0699. The number of anilines is 1. The first-order chi connectivity index (χ1) is 10.1. The van der Waals surface area contributed by atoms with Gasteiger partial charge in [-0.1, -0.05) is 11.6 Å². The fraction of sp³-hybridized carbons (Fsp3) is 0.562. The molecule has 0 saturated carbocycles. The van der Waals surface area contributed by atoms with Crippen molar-refractivity contribution in [3.05, 3.63) is 28.8 Å². The van der Waals surface area contributed by atoms with Crippen molar-refractivity contribution in [3.63, 3.8) is 0 Å². The molecule has 1 heterocycles. The van der Waals surface area contributed by atoms with E-state index < -0.39 is 0 Å². The quantitative estimate of drug-likeness (QED) is 0.849. The molecule has 21 heavy (non-hydrogen) atoms. The molecule has 0 radical (unpaired) electrons. The standard InChI is InChI=1S/C16H24ClN3O/c1-3-18-15-7-6-13(17)10-14(15)16(21)19-11-12(2)20-8-4-5-9-20/h6-7,10,12,18H,3-5,8-9,11H2,1-2H3,(H,19,21). The van der Waals surface area contributed by atoms with Gasteiger partial charge in [-0.05, 0) is 58.0 Å². The first-order valence-electron chi connectivity index (χ1n) is 7.67. The molecular formula is C16H24ClN3O. The monoisotopic (exact) mass is 309 g/mol. The highest BCUT2D eigenvalue weighted by Crippen LogP contribution is 2.20. The second-order valence-electron chi connectivity index (χ2n) is 5.52. The molecule has 1 aromatic rings. The van der Waals surface area contributed by atoms with Crippen LogP contribution in [0, 0.1) is 0 Å². The molecule has 0 aliphatic carbocycles. The van der Waals surface area contributed by atoms with Crippen molar-refractivity contribution in [2.45, 2.75) is 32.7 Å². The Morgan fingerprint density at radius 2 is 2.10 bits per heavy atom. The van der Waals surface area contributed by atoms with Crippen LogP contribution < -0.4 is 10.6 Å². The maximum atomic E-state index is 12.4. The SMILES string of the molecule is CCNc1ccc(Cl)cc1C(=O)NCC(C)N1CCCC1. The first kappa shape index (κ1) is 16.1. The largest absolute Gasteiger partial charge is 0.385 e. The summed E-state index contributed by atoms with van der Waals surface area (Å²) in [5.41, 5.74) is 1.44. The Bertz CT molecular complexity index is 486. The minimum Gasteiger partial charge on any atom is -0.385 e. The molecule has 1 unspecified atom stereocenters. The topological polar surface area (TPSA) is 44.4 Å². The number of nitrogens with one attached hydrogen (secondary N) is 2. The molecule has 5 heteroatoms. The average molecular weight is 310 g/mol. The van der Waals surface area contributed by atoms with Crippen molar-refractivity contribution >= 4 is 23.2 Å². The zero-order valence-corrected chi connectivity index (χ0v) is 13.5. The molecule has 1 aliphatic rings.